The van der Waals surface area contributed by atoms with Gasteiger partial charge in [0.1, 0.15) is 11.6 Å². The third-order valence-corrected chi connectivity index (χ3v) is 5.84. The Bertz CT molecular complexity index is 1010. The molecule has 0 saturated carbocycles. The van der Waals surface area contributed by atoms with Crippen LogP contribution in [0.25, 0.3) is 10.2 Å². The zero-order valence-corrected chi connectivity index (χ0v) is 17.0. The van der Waals surface area contributed by atoms with Crippen molar-refractivity contribution in [3.05, 3.63) is 58.6 Å². The summed E-state index contributed by atoms with van der Waals surface area (Å²) in [6.07, 6.45) is 2.38. The van der Waals surface area contributed by atoms with Gasteiger partial charge in [-0.05, 0) is 61.6 Å². The molecule has 7 heteroatoms. The number of aromatic nitrogens is 1. The molecule has 150 valence electrons. The molecule has 0 spiro atoms. The van der Waals surface area contributed by atoms with Crippen molar-refractivity contribution in [2.45, 2.75) is 38.9 Å². The number of nitrogens with zero attached hydrogens (tertiary/aromatic N) is 1. The fraction of sp³-hybridized carbons (Fsp3) is 0.318. The Morgan fingerprint density at radius 2 is 2.00 bits per heavy atom. The second kappa shape index (κ2) is 8.71. The lowest BCUT2D eigenvalue weighted by molar-refractivity contribution is -0.157. The average Bonchev–Trinajstić information content (AvgIpc) is 3.33. The molecule has 1 aliphatic carbocycles. The van der Waals surface area contributed by atoms with Gasteiger partial charge in [-0.25, -0.2) is 9.78 Å². The van der Waals surface area contributed by atoms with Gasteiger partial charge in [0.2, 0.25) is 0 Å². The number of hydrogen-bond acceptors (Lipinski definition) is 6. The van der Waals surface area contributed by atoms with Gasteiger partial charge in [0.05, 0.1) is 16.8 Å². The Hall–Kier alpha value is -2.77. The molecule has 0 bridgehead atoms. The molecule has 1 amide bonds. The highest BCUT2D eigenvalue weighted by Crippen LogP contribution is 2.25. The minimum absolute atomic E-state index is 0.226. The van der Waals surface area contributed by atoms with Crippen molar-refractivity contribution >= 4 is 39.1 Å². The Kier molecular flexibility index (Phi) is 5.87. The summed E-state index contributed by atoms with van der Waals surface area (Å²) >= 11 is 1.52. The van der Waals surface area contributed by atoms with E-state index in [9.17, 15) is 9.59 Å². The summed E-state index contributed by atoms with van der Waals surface area (Å²) in [6, 6.07) is 13.7. The first-order valence-corrected chi connectivity index (χ1v) is 10.4. The van der Waals surface area contributed by atoms with Gasteiger partial charge in [-0.1, -0.05) is 18.2 Å². The summed E-state index contributed by atoms with van der Waals surface area (Å²) in [6.45, 7) is 1.55. The van der Waals surface area contributed by atoms with Gasteiger partial charge in [0, 0.05) is 5.69 Å². The zero-order valence-electron chi connectivity index (χ0n) is 16.1. The predicted octanol–water partition coefficient (Wildman–Crippen LogP) is 3.87. The van der Waals surface area contributed by atoms with Crippen molar-refractivity contribution in [2.75, 3.05) is 11.9 Å². The number of rotatable bonds is 7. The third kappa shape index (κ3) is 4.81. The van der Waals surface area contributed by atoms with Crippen LogP contribution < -0.4 is 5.32 Å². The molecule has 1 aliphatic rings. The number of hydrogen-bond donors (Lipinski definition) is 1. The van der Waals surface area contributed by atoms with E-state index in [0.29, 0.717) is 0 Å². The van der Waals surface area contributed by atoms with Gasteiger partial charge in [-0.15, -0.1) is 11.3 Å². The number of thiazole rings is 1. The number of carbonyl (C=O) groups is 2. The van der Waals surface area contributed by atoms with Gasteiger partial charge in [0.15, 0.2) is 6.10 Å². The van der Waals surface area contributed by atoms with Crippen molar-refractivity contribution in [1.82, 2.24) is 4.98 Å². The number of para-hydroxylation sites is 1. The Morgan fingerprint density at radius 1 is 1.17 bits per heavy atom. The molecule has 1 heterocycles. The first-order chi connectivity index (χ1) is 14.1. The highest BCUT2D eigenvalue weighted by molar-refractivity contribution is 7.18. The van der Waals surface area contributed by atoms with E-state index in [1.807, 2.05) is 42.5 Å². The van der Waals surface area contributed by atoms with Gasteiger partial charge in [-0.2, -0.15) is 0 Å². The summed E-state index contributed by atoms with van der Waals surface area (Å²) in [7, 11) is 0. The van der Waals surface area contributed by atoms with Crippen LogP contribution in [-0.2, 0) is 38.5 Å². The highest BCUT2D eigenvalue weighted by Gasteiger charge is 2.19. The van der Waals surface area contributed by atoms with Gasteiger partial charge < -0.3 is 14.8 Å². The number of amides is 1. The zero-order chi connectivity index (χ0) is 20.2. The molecule has 4 rings (SSSR count). The number of fused-ring (bicyclic) bond motifs is 2. The summed E-state index contributed by atoms with van der Waals surface area (Å²) in [4.78, 5) is 28.7. The molecular weight excluding hydrogens is 388 g/mol. The summed E-state index contributed by atoms with van der Waals surface area (Å²) in [5.41, 5.74) is 4.25. The molecule has 3 aromatic rings. The number of nitrogens with one attached hydrogen (secondary N) is 1. The largest absolute Gasteiger partial charge is 0.451 e. The second-order valence-electron chi connectivity index (χ2n) is 7.03. The van der Waals surface area contributed by atoms with E-state index >= 15 is 0 Å². The molecule has 6 nitrogen and oxygen atoms in total. The molecule has 0 saturated heterocycles. The standard InChI is InChI=1S/C22H22N2O4S/c1-14(22(26)23-17-10-9-15-5-4-6-16(15)11-17)28-21(25)13-27-12-20-24-18-7-2-3-8-19(18)29-20/h2-3,7-11,14H,4-6,12-13H2,1H3,(H,23,26)/t14-/m1/s1. The molecule has 0 unspecified atom stereocenters. The van der Waals surface area contributed by atoms with Crippen LogP contribution >= 0.6 is 11.3 Å². The molecule has 0 fully saturated rings. The first-order valence-electron chi connectivity index (χ1n) is 9.63. The number of aryl methyl sites for hydroxylation is 2. The summed E-state index contributed by atoms with van der Waals surface area (Å²) in [5.74, 6) is -0.940. The monoisotopic (exact) mass is 410 g/mol. The fourth-order valence-corrected chi connectivity index (χ4v) is 4.29. The van der Waals surface area contributed by atoms with E-state index in [1.165, 1.54) is 22.5 Å². The van der Waals surface area contributed by atoms with Crippen LogP contribution in [0.4, 0.5) is 5.69 Å². The molecular formula is C22H22N2O4S. The number of esters is 1. The van der Waals surface area contributed by atoms with Crippen LogP contribution in [0, 0.1) is 0 Å². The Morgan fingerprint density at radius 3 is 2.86 bits per heavy atom. The molecule has 1 aromatic heterocycles. The molecule has 0 radical (unpaired) electrons. The molecule has 0 aliphatic heterocycles. The average molecular weight is 410 g/mol. The lowest BCUT2D eigenvalue weighted by atomic mass is 10.1. The lowest BCUT2D eigenvalue weighted by Crippen LogP contribution is -2.31. The van der Waals surface area contributed by atoms with Crippen LogP contribution in [0.1, 0.15) is 29.5 Å². The smallest absolute Gasteiger partial charge is 0.332 e. The maximum Gasteiger partial charge on any atom is 0.332 e. The maximum atomic E-state index is 12.3. The van der Waals surface area contributed by atoms with Crippen molar-refractivity contribution in [1.29, 1.82) is 0 Å². The highest BCUT2D eigenvalue weighted by atomic mass is 32.1. The van der Waals surface area contributed by atoms with E-state index < -0.39 is 12.1 Å². The number of ether oxygens (including phenoxy) is 2. The van der Waals surface area contributed by atoms with E-state index in [1.54, 1.807) is 6.92 Å². The van der Waals surface area contributed by atoms with E-state index in [2.05, 4.69) is 10.3 Å². The van der Waals surface area contributed by atoms with Crippen LogP contribution in [0.2, 0.25) is 0 Å². The van der Waals surface area contributed by atoms with E-state index in [0.717, 1.165) is 40.2 Å². The number of anilines is 1. The van der Waals surface area contributed by atoms with Crippen LogP contribution in [0.5, 0.6) is 0 Å². The van der Waals surface area contributed by atoms with Gasteiger partial charge in [0.25, 0.3) is 5.91 Å². The SMILES string of the molecule is C[C@@H](OC(=O)COCc1nc2ccccc2s1)C(=O)Nc1ccc2c(c1)CCC2. The van der Waals surface area contributed by atoms with Gasteiger partial charge >= 0.3 is 5.97 Å². The summed E-state index contributed by atoms with van der Waals surface area (Å²) in [5, 5.41) is 3.60. The topological polar surface area (TPSA) is 77.5 Å². The van der Waals surface area contributed by atoms with Gasteiger partial charge in [-0.3, -0.25) is 4.79 Å². The Balaban J connectivity index is 1.22. The molecule has 1 N–H and O–H groups in total. The normalized spacial score (nSPS) is 13.8. The van der Waals surface area contributed by atoms with Crippen LogP contribution in [0.3, 0.4) is 0 Å². The van der Waals surface area contributed by atoms with Crippen molar-refractivity contribution in [3.63, 3.8) is 0 Å². The quantitative estimate of drug-likeness (QED) is 0.598. The van der Waals surface area contributed by atoms with Crippen LogP contribution in [0.15, 0.2) is 42.5 Å². The van der Waals surface area contributed by atoms with E-state index in [-0.39, 0.29) is 19.1 Å². The molecule has 1 atom stereocenters. The fourth-order valence-electron chi connectivity index (χ4n) is 3.38. The molecule has 2 aromatic carbocycles. The number of benzene rings is 2. The van der Waals surface area contributed by atoms with E-state index in [4.69, 9.17) is 9.47 Å². The maximum absolute atomic E-state index is 12.3. The predicted molar refractivity (Wildman–Crippen MR) is 112 cm³/mol. The van der Waals surface area contributed by atoms with Crippen molar-refractivity contribution in [3.8, 4) is 0 Å². The molecule has 29 heavy (non-hydrogen) atoms. The first kappa shape index (κ1) is 19.5. The summed E-state index contributed by atoms with van der Waals surface area (Å²) < 4.78 is 11.7. The van der Waals surface area contributed by atoms with Crippen molar-refractivity contribution in [2.24, 2.45) is 0 Å². The van der Waals surface area contributed by atoms with Crippen molar-refractivity contribution < 1.29 is 19.1 Å². The number of carbonyl (C=O) groups excluding carboxylic acids is 2. The minimum atomic E-state index is -0.901. The lowest BCUT2D eigenvalue weighted by Gasteiger charge is -2.14. The Labute approximate surface area is 172 Å². The third-order valence-electron chi connectivity index (χ3n) is 4.83. The van der Waals surface area contributed by atoms with Crippen LogP contribution in [-0.4, -0.2) is 29.6 Å². The second-order valence-corrected chi connectivity index (χ2v) is 8.14. The minimum Gasteiger partial charge on any atom is -0.451 e.